The van der Waals surface area contributed by atoms with Crippen molar-refractivity contribution in [1.82, 2.24) is 5.32 Å². The van der Waals surface area contributed by atoms with E-state index >= 15 is 0 Å². The van der Waals surface area contributed by atoms with E-state index in [0.29, 0.717) is 12.3 Å². The Morgan fingerprint density at radius 3 is 2.80 bits per heavy atom. The smallest absolute Gasteiger partial charge is 0.0924 e. The van der Waals surface area contributed by atoms with Gasteiger partial charge in [0.2, 0.25) is 0 Å². The number of rotatable bonds is 4. The lowest BCUT2D eigenvalue weighted by Gasteiger charge is -2.02. The van der Waals surface area contributed by atoms with E-state index in [1.165, 1.54) is 0 Å². The molecule has 0 aliphatic rings. The fourth-order valence-corrected chi connectivity index (χ4v) is 0.870. The number of nitrogens with one attached hydrogen (secondary N) is 1. The Hall–Kier alpha value is -0.400. The van der Waals surface area contributed by atoms with Gasteiger partial charge in [0.1, 0.15) is 0 Å². The van der Waals surface area contributed by atoms with E-state index in [-0.39, 0.29) is 6.04 Å². The molecule has 0 bridgehead atoms. The van der Waals surface area contributed by atoms with Gasteiger partial charge in [0.15, 0.2) is 0 Å². The van der Waals surface area contributed by atoms with Crippen LogP contribution >= 0.6 is 0 Å². The fourth-order valence-electron chi connectivity index (χ4n) is 0.465. The molecule has 10 heavy (non-hydrogen) atoms. The predicted octanol–water partition coefficient (Wildman–Crippen LogP) is -0.133. The zero-order valence-electron chi connectivity index (χ0n) is 6.26. The number of hydrogen-bond donors (Lipinski definition) is 1. The Kier molecular flexibility index (Phi) is 5.17. The summed E-state index contributed by atoms with van der Waals surface area (Å²) in [4.78, 5) is 0. The second kappa shape index (κ2) is 5.39. The first-order valence-corrected chi connectivity index (χ1v) is 4.82. The molecule has 0 radical (unpaired) electrons. The molecule has 0 spiro atoms. The van der Waals surface area contributed by atoms with Gasteiger partial charge in [-0.15, -0.1) is 0 Å². The van der Waals surface area contributed by atoms with Crippen LogP contribution in [0.15, 0.2) is 0 Å². The Bertz CT molecular complexity index is 152. The van der Waals surface area contributed by atoms with Crippen molar-refractivity contribution in [1.29, 1.82) is 5.26 Å². The molecule has 0 aliphatic heterocycles. The molecule has 3 nitrogen and oxygen atoms in total. The van der Waals surface area contributed by atoms with Crippen LogP contribution in [0.4, 0.5) is 0 Å². The van der Waals surface area contributed by atoms with E-state index in [0.717, 1.165) is 0 Å². The van der Waals surface area contributed by atoms with E-state index in [4.69, 9.17) is 5.26 Å². The molecule has 0 aromatic rings. The minimum Gasteiger partial charge on any atom is -0.301 e. The predicted molar refractivity (Wildman–Crippen MR) is 42.0 cm³/mol. The Balaban J connectivity index is 3.22. The average molecular weight is 160 g/mol. The molecule has 2 atom stereocenters. The Morgan fingerprint density at radius 2 is 2.40 bits per heavy atom. The summed E-state index contributed by atoms with van der Waals surface area (Å²) in [5.74, 6) is 0.617. The van der Waals surface area contributed by atoms with Crippen molar-refractivity contribution in [3.63, 3.8) is 0 Å². The van der Waals surface area contributed by atoms with Gasteiger partial charge in [-0.2, -0.15) is 5.26 Å². The SMILES string of the molecule is CC(C#N)NCCS(C)=O. The number of nitriles is 1. The van der Waals surface area contributed by atoms with Crippen LogP contribution in [-0.2, 0) is 10.8 Å². The molecule has 4 heteroatoms. The van der Waals surface area contributed by atoms with Gasteiger partial charge in [0.05, 0.1) is 12.1 Å². The quantitative estimate of drug-likeness (QED) is 0.623. The summed E-state index contributed by atoms with van der Waals surface area (Å²) in [7, 11) is -0.756. The molecule has 0 aromatic carbocycles. The van der Waals surface area contributed by atoms with Crippen LogP contribution in [0.3, 0.4) is 0 Å². The maximum Gasteiger partial charge on any atom is 0.0924 e. The maximum absolute atomic E-state index is 10.5. The summed E-state index contributed by atoms with van der Waals surface area (Å²) in [6, 6.07) is 1.89. The standard InChI is InChI=1S/C6H12N2OS/c1-6(5-7)8-3-4-10(2)9/h6,8H,3-4H2,1-2H3. The van der Waals surface area contributed by atoms with Crippen LogP contribution in [0.5, 0.6) is 0 Å². The summed E-state index contributed by atoms with van der Waals surface area (Å²) >= 11 is 0. The summed E-state index contributed by atoms with van der Waals surface area (Å²) in [5, 5.41) is 11.2. The minimum absolute atomic E-state index is 0.136. The third-order valence-electron chi connectivity index (χ3n) is 1.03. The number of hydrogen-bond acceptors (Lipinski definition) is 3. The van der Waals surface area contributed by atoms with E-state index in [2.05, 4.69) is 5.32 Å². The Morgan fingerprint density at radius 1 is 1.80 bits per heavy atom. The maximum atomic E-state index is 10.5. The van der Waals surface area contributed by atoms with Crippen molar-refractivity contribution in [2.24, 2.45) is 0 Å². The topological polar surface area (TPSA) is 52.9 Å². The van der Waals surface area contributed by atoms with Gasteiger partial charge in [-0.25, -0.2) is 0 Å². The Labute approximate surface area is 63.9 Å². The highest BCUT2D eigenvalue weighted by Gasteiger charge is 1.96. The van der Waals surface area contributed by atoms with E-state index in [9.17, 15) is 4.21 Å². The van der Waals surface area contributed by atoms with Gasteiger partial charge in [-0.05, 0) is 6.92 Å². The van der Waals surface area contributed by atoms with Crippen LogP contribution in [0.2, 0.25) is 0 Å². The van der Waals surface area contributed by atoms with Crippen LogP contribution in [0.25, 0.3) is 0 Å². The minimum atomic E-state index is -0.756. The van der Waals surface area contributed by atoms with Gasteiger partial charge < -0.3 is 5.32 Å². The first kappa shape index (κ1) is 9.60. The second-order valence-electron chi connectivity index (χ2n) is 2.08. The molecular weight excluding hydrogens is 148 g/mol. The zero-order chi connectivity index (χ0) is 7.98. The van der Waals surface area contributed by atoms with Gasteiger partial charge in [-0.1, -0.05) is 0 Å². The number of nitrogens with zero attached hydrogens (tertiary/aromatic N) is 1. The molecule has 2 unspecified atom stereocenters. The molecule has 0 heterocycles. The van der Waals surface area contributed by atoms with Crippen LogP contribution in [-0.4, -0.2) is 28.8 Å². The lowest BCUT2D eigenvalue weighted by Crippen LogP contribution is -2.28. The molecule has 0 saturated heterocycles. The molecule has 0 aromatic heterocycles. The highest BCUT2D eigenvalue weighted by Crippen LogP contribution is 1.77. The van der Waals surface area contributed by atoms with Crippen LogP contribution < -0.4 is 5.32 Å². The van der Waals surface area contributed by atoms with Gasteiger partial charge in [-0.3, -0.25) is 4.21 Å². The molecule has 0 fully saturated rings. The van der Waals surface area contributed by atoms with Crippen molar-refractivity contribution in [3.8, 4) is 6.07 Å². The first-order chi connectivity index (χ1) is 4.66. The van der Waals surface area contributed by atoms with Crippen LogP contribution in [0, 0.1) is 11.3 Å². The zero-order valence-corrected chi connectivity index (χ0v) is 7.07. The van der Waals surface area contributed by atoms with Crippen molar-refractivity contribution in [2.75, 3.05) is 18.6 Å². The summed E-state index contributed by atoms with van der Waals surface area (Å²) in [6.07, 6.45) is 1.65. The van der Waals surface area contributed by atoms with E-state index in [1.54, 1.807) is 13.2 Å². The second-order valence-corrected chi connectivity index (χ2v) is 3.64. The molecule has 1 N–H and O–H groups in total. The first-order valence-electron chi connectivity index (χ1n) is 3.10. The molecular formula is C6H12N2OS. The molecule has 58 valence electrons. The summed E-state index contributed by atoms with van der Waals surface area (Å²) in [5.41, 5.74) is 0. The molecule has 0 aliphatic carbocycles. The lowest BCUT2D eigenvalue weighted by molar-refractivity contribution is 0.658. The van der Waals surface area contributed by atoms with Gasteiger partial charge in [0, 0.05) is 29.4 Å². The van der Waals surface area contributed by atoms with Crippen LogP contribution in [0.1, 0.15) is 6.92 Å². The summed E-state index contributed by atoms with van der Waals surface area (Å²) < 4.78 is 10.5. The van der Waals surface area contributed by atoms with Crippen molar-refractivity contribution in [2.45, 2.75) is 13.0 Å². The van der Waals surface area contributed by atoms with Crippen molar-refractivity contribution < 1.29 is 4.21 Å². The normalized spacial score (nSPS) is 15.7. The lowest BCUT2D eigenvalue weighted by atomic mass is 10.4. The van der Waals surface area contributed by atoms with Gasteiger partial charge in [0.25, 0.3) is 0 Å². The monoisotopic (exact) mass is 160 g/mol. The highest BCUT2D eigenvalue weighted by molar-refractivity contribution is 7.84. The largest absolute Gasteiger partial charge is 0.301 e. The van der Waals surface area contributed by atoms with Crippen molar-refractivity contribution in [3.05, 3.63) is 0 Å². The third kappa shape index (κ3) is 5.73. The summed E-state index contributed by atoms with van der Waals surface area (Å²) in [6.45, 7) is 2.43. The van der Waals surface area contributed by atoms with Gasteiger partial charge >= 0.3 is 0 Å². The molecule has 0 amide bonds. The van der Waals surface area contributed by atoms with Crippen molar-refractivity contribution >= 4 is 10.8 Å². The molecule has 0 saturated carbocycles. The van der Waals surface area contributed by atoms with E-state index in [1.807, 2.05) is 6.07 Å². The highest BCUT2D eigenvalue weighted by atomic mass is 32.2. The third-order valence-corrected chi connectivity index (χ3v) is 1.81. The average Bonchev–Trinajstić information content (AvgIpc) is 1.87. The fraction of sp³-hybridized carbons (Fsp3) is 0.833. The molecule has 0 rings (SSSR count). The van der Waals surface area contributed by atoms with E-state index < -0.39 is 10.8 Å².